The zero-order valence-electron chi connectivity index (χ0n) is 17.6. The number of thioether (sulfide) groups is 1. The Morgan fingerprint density at radius 3 is 2.38 bits per heavy atom. The number of benzene rings is 3. The zero-order chi connectivity index (χ0) is 23.7. The summed E-state index contributed by atoms with van der Waals surface area (Å²) in [5.41, 5.74) is 2.85. The smallest absolute Gasteiger partial charge is 0.268 e. The van der Waals surface area contributed by atoms with Gasteiger partial charge >= 0.3 is 0 Å². The third kappa shape index (κ3) is 4.23. The molecule has 0 radical (unpaired) electrons. The maximum atomic E-state index is 13.8. The van der Waals surface area contributed by atoms with Gasteiger partial charge in [-0.1, -0.05) is 54.2 Å². The monoisotopic (exact) mass is 489 g/mol. The molecule has 0 bridgehead atoms. The Labute approximate surface area is 201 Å². The van der Waals surface area contributed by atoms with Crippen molar-refractivity contribution in [2.24, 2.45) is 0 Å². The van der Waals surface area contributed by atoms with Crippen molar-refractivity contribution in [3.05, 3.63) is 116 Å². The van der Waals surface area contributed by atoms with E-state index < -0.39 is 4.92 Å². The Balaban J connectivity index is 1.60. The van der Waals surface area contributed by atoms with E-state index in [4.69, 9.17) is 4.98 Å². The van der Waals surface area contributed by atoms with E-state index in [1.807, 2.05) is 35.7 Å². The number of aromatic nitrogens is 2. The third-order valence-electron chi connectivity index (χ3n) is 5.26. The summed E-state index contributed by atoms with van der Waals surface area (Å²) in [4.78, 5) is 29.6. The van der Waals surface area contributed by atoms with Crippen LogP contribution in [0, 0.1) is 15.9 Å². The predicted molar refractivity (Wildman–Crippen MR) is 133 cm³/mol. The van der Waals surface area contributed by atoms with Crippen molar-refractivity contribution in [3.63, 3.8) is 0 Å². The summed E-state index contributed by atoms with van der Waals surface area (Å²) in [5, 5.41) is 13.8. The number of rotatable bonds is 6. The Kier molecular flexibility index (Phi) is 5.95. The Bertz CT molecular complexity index is 1550. The SMILES string of the molecule is O=c1c2c(-c3ccc(F)cc3)csc2nc(SCc2ccc([N+](=O)[O-])cc2)n1-c1ccccc1. The van der Waals surface area contributed by atoms with Crippen LogP contribution >= 0.6 is 23.1 Å². The number of para-hydroxylation sites is 1. The number of hydrogen-bond donors (Lipinski definition) is 0. The molecule has 0 amide bonds. The van der Waals surface area contributed by atoms with Crippen LogP contribution in [0.1, 0.15) is 5.56 Å². The molecular weight excluding hydrogens is 473 g/mol. The third-order valence-corrected chi connectivity index (χ3v) is 7.14. The summed E-state index contributed by atoms with van der Waals surface area (Å²) in [6.07, 6.45) is 0. The van der Waals surface area contributed by atoms with Crippen molar-refractivity contribution >= 4 is 39.0 Å². The summed E-state index contributed by atoms with van der Waals surface area (Å²) < 4.78 is 15.0. The van der Waals surface area contributed by atoms with Gasteiger partial charge in [0.2, 0.25) is 0 Å². The lowest BCUT2D eigenvalue weighted by molar-refractivity contribution is -0.384. The first-order chi connectivity index (χ1) is 16.5. The van der Waals surface area contributed by atoms with E-state index in [9.17, 15) is 19.3 Å². The normalized spacial score (nSPS) is 11.1. The zero-order valence-corrected chi connectivity index (χ0v) is 19.2. The maximum absolute atomic E-state index is 13.8. The van der Waals surface area contributed by atoms with Crippen molar-refractivity contribution in [1.82, 2.24) is 9.55 Å². The molecule has 5 aromatic rings. The molecule has 0 atom stereocenters. The first-order valence-corrected chi connectivity index (χ1v) is 12.1. The maximum Gasteiger partial charge on any atom is 0.269 e. The molecule has 34 heavy (non-hydrogen) atoms. The molecule has 2 aromatic heterocycles. The van der Waals surface area contributed by atoms with Gasteiger partial charge in [-0.25, -0.2) is 9.37 Å². The van der Waals surface area contributed by atoms with Crippen LogP contribution in [-0.4, -0.2) is 14.5 Å². The van der Waals surface area contributed by atoms with Crippen LogP contribution in [0.15, 0.2) is 94.2 Å². The van der Waals surface area contributed by atoms with Crippen LogP contribution in [0.5, 0.6) is 0 Å². The van der Waals surface area contributed by atoms with Gasteiger partial charge in [-0.05, 0) is 35.4 Å². The molecule has 0 aliphatic heterocycles. The van der Waals surface area contributed by atoms with E-state index in [1.54, 1.807) is 28.8 Å². The van der Waals surface area contributed by atoms with Crippen molar-refractivity contribution in [2.75, 3.05) is 0 Å². The molecule has 0 aliphatic carbocycles. The molecule has 6 nitrogen and oxygen atoms in total. The van der Waals surface area contributed by atoms with E-state index in [1.165, 1.54) is 47.4 Å². The number of hydrogen-bond acceptors (Lipinski definition) is 6. The Morgan fingerprint density at radius 1 is 1.00 bits per heavy atom. The topological polar surface area (TPSA) is 78.0 Å². The number of thiophene rings is 1. The van der Waals surface area contributed by atoms with Gasteiger partial charge in [0.05, 0.1) is 16.0 Å². The van der Waals surface area contributed by atoms with E-state index in [-0.39, 0.29) is 17.1 Å². The van der Waals surface area contributed by atoms with Gasteiger partial charge < -0.3 is 0 Å². The standard InChI is InChI=1S/C25H16FN3O3S2/c26-18-10-8-17(9-11-18)21-15-33-23-22(21)24(30)28(19-4-2-1-3-5-19)25(27-23)34-14-16-6-12-20(13-7-16)29(31)32/h1-13,15H,14H2. The number of halogens is 1. The summed E-state index contributed by atoms with van der Waals surface area (Å²) >= 11 is 2.75. The highest BCUT2D eigenvalue weighted by Gasteiger charge is 2.19. The van der Waals surface area contributed by atoms with Crippen LogP contribution < -0.4 is 5.56 Å². The summed E-state index contributed by atoms with van der Waals surface area (Å²) in [5.74, 6) is 0.145. The molecule has 0 N–H and O–H groups in total. The van der Waals surface area contributed by atoms with E-state index >= 15 is 0 Å². The highest BCUT2D eigenvalue weighted by Crippen LogP contribution is 2.33. The van der Waals surface area contributed by atoms with Crippen molar-refractivity contribution in [2.45, 2.75) is 10.9 Å². The van der Waals surface area contributed by atoms with E-state index in [0.29, 0.717) is 32.4 Å². The number of nitrogens with zero attached hydrogens (tertiary/aromatic N) is 3. The summed E-state index contributed by atoms with van der Waals surface area (Å²) in [7, 11) is 0. The van der Waals surface area contributed by atoms with Crippen molar-refractivity contribution in [1.29, 1.82) is 0 Å². The molecule has 0 saturated carbocycles. The van der Waals surface area contributed by atoms with Gasteiger partial charge in [0.1, 0.15) is 10.6 Å². The van der Waals surface area contributed by atoms with Gasteiger partial charge in [0.25, 0.3) is 11.2 Å². The quantitative estimate of drug-likeness (QED) is 0.118. The molecule has 0 aliphatic rings. The van der Waals surface area contributed by atoms with Gasteiger partial charge in [-0.2, -0.15) is 0 Å². The van der Waals surface area contributed by atoms with Crippen LogP contribution in [0.2, 0.25) is 0 Å². The molecule has 168 valence electrons. The van der Waals surface area contributed by atoms with Gasteiger partial charge in [-0.15, -0.1) is 11.3 Å². The lowest BCUT2D eigenvalue weighted by Crippen LogP contribution is -2.21. The van der Waals surface area contributed by atoms with Crippen LogP contribution in [0.25, 0.3) is 27.0 Å². The Morgan fingerprint density at radius 2 is 1.71 bits per heavy atom. The number of nitro benzene ring substituents is 1. The molecule has 9 heteroatoms. The minimum absolute atomic E-state index is 0.0291. The van der Waals surface area contributed by atoms with Crippen LogP contribution in [0.4, 0.5) is 10.1 Å². The second-order valence-electron chi connectivity index (χ2n) is 7.42. The first kappa shape index (κ1) is 22.0. The lowest BCUT2D eigenvalue weighted by atomic mass is 10.1. The second-order valence-corrected chi connectivity index (χ2v) is 9.22. The van der Waals surface area contributed by atoms with Gasteiger partial charge in [-0.3, -0.25) is 19.5 Å². The first-order valence-electron chi connectivity index (χ1n) is 10.2. The van der Waals surface area contributed by atoms with Crippen LogP contribution in [-0.2, 0) is 5.75 Å². The summed E-state index contributed by atoms with van der Waals surface area (Å²) in [6, 6.07) is 21.6. The molecule has 2 heterocycles. The van der Waals surface area contributed by atoms with Gasteiger partial charge in [0.15, 0.2) is 5.16 Å². The molecular formula is C25H16FN3O3S2. The highest BCUT2D eigenvalue weighted by atomic mass is 32.2. The number of nitro groups is 1. The van der Waals surface area contributed by atoms with Crippen molar-refractivity contribution in [3.8, 4) is 16.8 Å². The predicted octanol–water partition coefficient (Wildman–Crippen LogP) is 6.45. The minimum atomic E-state index is -0.436. The molecule has 0 fully saturated rings. The van der Waals surface area contributed by atoms with E-state index in [0.717, 1.165) is 11.1 Å². The van der Waals surface area contributed by atoms with Crippen LogP contribution in [0.3, 0.4) is 0 Å². The fourth-order valence-corrected chi connectivity index (χ4v) is 5.53. The molecule has 3 aromatic carbocycles. The average Bonchev–Trinajstić information content (AvgIpc) is 3.28. The molecule has 0 spiro atoms. The molecule has 0 unspecified atom stereocenters. The largest absolute Gasteiger partial charge is 0.269 e. The Hall–Kier alpha value is -3.82. The number of non-ortho nitro benzene ring substituents is 1. The lowest BCUT2D eigenvalue weighted by Gasteiger charge is -2.12. The van der Waals surface area contributed by atoms with E-state index in [2.05, 4.69) is 0 Å². The molecule has 5 rings (SSSR count). The van der Waals surface area contributed by atoms with Gasteiger partial charge in [0, 0.05) is 28.8 Å². The summed E-state index contributed by atoms with van der Waals surface area (Å²) in [6.45, 7) is 0. The second kappa shape index (κ2) is 9.20. The average molecular weight is 490 g/mol. The highest BCUT2D eigenvalue weighted by molar-refractivity contribution is 7.98. The number of fused-ring (bicyclic) bond motifs is 1. The van der Waals surface area contributed by atoms with Crippen molar-refractivity contribution < 1.29 is 9.31 Å². The minimum Gasteiger partial charge on any atom is -0.268 e. The fraction of sp³-hybridized carbons (Fsp3) is 0.0400. The molecule has 0 saturated heterocycles. The fourth-order valence-electron chi connectivity index (χ4n) is 3.58.